The van der Waals surface area contributed by atoms with Gasteiger partial charge in [-0.25, -0.2) is 0 Å². The van der Waals surface area contributed by atoms with Gasteiger partial charge in [0.25, 0.3) is 5.91 Å². The zero-order valence-corrected chi connectivity index (χ0v) is 15.0. The summed E-state index contributed by atoms with van der Waals surface area (Å²) in [5, 5.41) is 10.8. The van der Waals surface area contributed by atoms with Gasteiger partial charge in [0.15, 0.2) is 5.69 Å². The summed E-state index contributed by atoms with van der Waals surface area (Å²) in [5.74, 6) is -0.154. The van der Waals surface area contributed by atoms with Crippen LogP contribution in [0, 0.1) is 6.92 Å². The Morgan fingerprint density at radius 2 is 2.25 bits per heavy atom. The molecule has 1 saturated heterocycles. The molecule has 0 bridgehead atoms. The normalized spacial score (nSPS) is 17.2. The van der Waals surface area contributed by atoms with Gasteiger partial charge >= 0.3 is 0 Å². The van der Waals surface area contributed by atoms with Crippen LogP contribution in [0.3, 0.4) is 0 Å². The highest BCUT2D eigenvalue weighted by Crippen LogP contribution is 2.18. The van der Waals surface area contributed by atoms with E-state index in [2.05, 4.69) is 29.6 Å². The van der Waals surface area contributed by atoms with Crippen molar-refractivity contribution in [2.24, 2.45) is 0 Å². The van der Waals surface area contributed by atoms with Crippen molar-refractivity contribution in [2.45, 2.75) is 39.2 Å². The lowest BCUT2D eigenvalue weighted by Crippen LogP contribution is -2.32. The summed E-state index contributed by atoms with van der Waals surface area (Å²) in [7, 11) is 0. The third-order valence-corrected chi connectivity index (χ3v) is 4.47. The monoisotopic (exact) mass is 348 g/mol. The van der Waals surface area contributed by atoms with Crippen LogP contribution in [0.15, 0.2) is 30.5 Å². The number of aryl methyl sites for hydroxylation is 2. The van der Waals surface area contributed by atoms with Gasteiger partial charge in [-0.2, -0.15) is 5.10 Å². The average Bonchev–Trinajstić information content (AvgIpc) is 3.07. The Kier molecular flexibility index (Phi) is 6.40. The van der Waals surface area contributed by atoms with E-state index in [0.717, 1.165) is 38.0 Å². The number of anilines is 1. The first-order chi connectivity index (χ1) is 11.2. The number of carbonyl (C=O) groups excluding carboxylic acids is 1. The van der Waals surface area contributed by atoms with Gasteiger partial charge in [0, 0.05) is 18.4 Å². The number of nitrogens with zero attached hydrogens (tertiary/aromatic N) is 2. The molecular formula is C18H25ClN4O. The van der Waals surface area contributed by atoms with E-state index in [1.54, 1.807) is 6.07 Å². The largest absolute Gasteiger partial charge is 0.321 e. The zero-order chi connectivity index (χ0) is 16.2. The first kappa shape index (κ1) is 18.5. The number of aromatic nitrogens is 2. The number of hydrogen-bond donors (Lipinski definition) is 2. The van der Waals surface area contributed by atoms with Gasteiger partial charge in [0.1, 0.15) is 0 Å². The van der Waals surface area contributed by atoms with Crippen molar-refractivity contribution in [2.75, 3.05) is 18.4 Å². The van der Waals surface area contributed by atoms with E-state index >= 15 is 0 Å². The summed E-state index contributed by atoms with van der Waals surface area (Å²) >= 11 is 0. The molecular weight excluding hydrogens is 324 g/mol. The van der Waals surface area contributed by atoms with E-state index in [4.69, 9.17) is 0 Å². The Hall–Kier alpha value is -1.85. The van der Waals surface area contributed by atoms with Crippen molar-refractivity contribution in [3.05, 3.63) is 47.3 Å². The summed E-state index contributed by atoms with van der Waals surface area (Å²) in [6.45, 7) is 6.19. The van der Waals surface area contributed by atoms with Gasteiger partial charge in [0.2, 0.25) is 0 Å². The molecule has 1 fully saturated rings. The van der Waals surface area contributed by atoms with Crippen LogP contribution in [0.2, 0.25) is 0 Å². The molecule has 2 aromatic rings. The molecule has 2 heterocycles. The second-order valence-electron chi connectivity index (χ2n) is 6.13. The van der Waals surface area contributed by atoms with Gasteiger partial charge in [-0.15, -0.1) is 12.4 Å². The first-order valence-corrected chi connectivity index (χ1v) is 8.34. The van der Waals surface area contributed by atoms with Gasteiger partial charge < -0.3 is 10.6 Å². The Balaban J connectivity index is 0.00000208. The van der Waals surface area contributed by atoms with E-state index in [1.807, 2.05) is 29.1 Å². The maximum absolute atomic E-state index is 12.4. The van der Waals surface area contributed by atoms with Crippen LogP contribution in [0.4, 0.5) is 5.69 Å². The third kappa shape index (κ3) is 4.16. The molecule has 6 heteroatoms. The number of rotatable bonds is 4. The second kappa shape index (κ2) is 8.31. The number of amides is 1. The first-order valence-electron chi connectivity index (χ1n) is 8.34. The van der Waals surface area contributed by atoms with Gasteiger partial charge in [-0.1, -0.05) is 13.0 Å². The van der Waals surface area contributed by atoms with Crippen LogP contribution in [0.5, 0.6) is 0 Å². The van der Waals surface area contributed by atoms with Crippen molar-refractivity contribution in [3.63, 3.8) is 0 Å². The fourth-order valence-electron chi connectivity index (χ4n) is 3.05. The predicted molar refractivity (Wildman–Crippen MR) is 99.1 cm³/mol. The van der Waals surface area contributed by atoms with E-state index < -0.39 is 0 Å². The summed E-state index contributed by atoms with van der Waals surface area (Å²) in [5.41, 5.74) is 3.79. The minimum atomic E-state index is -0.154. The molecule has 0 saturated carbocycles. The maximum Gasteiger partial charge on any atom is 0.276 e. The lowest BCUT2D eigenvalue weighted by molar-refractivity contribution is 0.102. The Bertz CT molecular complexity index is 692. The Morgan fingerprint density at radius 1 is 1.42 bits per heavy atom. The summed E-state index contributed by atoms with van der Waals surface area (Å²) in [6, 6.07) is 8.15. The van der Waals surface area contributed by atoms with Gasteiger partial charge in [0.05, 0.1) is 6.04 Å². The molecule has 0 radical (unpaired) electrons. The molecule has 1 atom stereocenters. The van der Waals surface area contributed by atoms with E-state index in [1.165, 1.54) is 11.1 Å². The number of halogens is 1. The minimum absolute atomic E-state index is 0. The van der Waals surface area contributed by atoms with Crippen molar-refractivity contribution in [1.29, 1.82) is 0 Å². The molecule has 1 aromatic heterocycles. The molecule has 1 amide bonds. The molecule has 2 N–H and O–H groups in total. The zero-order valence-electron chi connectivity index (χ0n) is 14.2. The number of piperidine rings is 1. The molecule has 5 nitrogen and oxygen atoms in total. The number of carbonyl (C=O) groups is 1. The molecule has 24 heavy (non-hydrogen) atoms. The van der Waals surface area contributed by atoms with E-state index in [-0.39, 0.29) is 18.3 Å². The molecule has 0 aliphatic carbocycles. The van der Waals surface area contributed by atoms with Crippen molar-refractivity contribution in [1.82, 2.24) is 15.1 Å². The molecule has 3 rings (SSSR count). The molecule has 0 spiro atoms. The van der Waals surface area contributed by atoms with Crippen LogP contribution in [0.25, 0.3) is 0 Å². The summed E-state index contributed by atoms with van der Waals surface area (Å²) in [4.78, 5) is 12.4. The second-order valence-corrected chi connectivity index (χ2v) is 6.13. The SMILES string of the molecule is CCc1cc(NC(=O)c2ccn(C3CCCNC3)n2)ccc1C.Cl. The molecule has 1 aliphatic rings. The standard InChI is InChI=1S/C18H24N4O.ClH/c1-3-14-11-15(7-6-13(14)2)20-18(23)17-8-10-22(21-17)16-5-4-9-19-12-16;/h6-8,10-11,16,19H,3-5,9,12H2,1-2H3,(H,20,23);1H. The van der Waals surface area contributed by atoms with Gasteiger partial charge in [-0.3, -0.25) is 9.48 Å². The smallest absolute Gasteiger partial charge is 0.276 e. The van der Waals surface area contributed by atoms with Crippen LogP contribution < -0.4 is 10.6 Å². The molecule has 130 valence electrons. The summed E-state index contributed by atoms with van der Waals surface area (Å²) < 4.78 is 1.91. The average molecular weight is 349 g/mol. The van der Waals surface area contributed by atoms with Crippen LogP contribution in [0.1, 0.15) is 47.4 Å². The van der Waals surface area contributed by atoms with Crippen molar-refractivity contribution < 1.29 is 4.79 Å². The lowest BCUT2D eigenvalue weighted by Gasteiger charge is -2.22. The fraction of sp³-hybridized carbons (Fsp3) is 0.444. The third-order valence-electron chi connectivity index (χ3n) is 4.47. The van der Waals surface area contributed by atoms with E-state index in [0.29, 0.717) is 11.7 Å². The van der Waals surface area contributed by atoms with Crippen molar-refractivity contribution in [3.8, 4) is 0 Å². The number of nitrogens with one attached hydrogen (secondary N) is 2. The Labute approximate surface area is 149 Å². The molecule has 1 aliphatic heterocycles. The van der Waals surface area contributed by atoms with Gasteiger partial charge in [-0.05, 0) is 62.1 Å². The molecule has 1 aromatic carbocycles. The van der Waals surface area contributed by atoms with Crippen LogP contribution in [-0.2, 0) is 6.42 Å². The lowest BCUT2D eigenvalue weighted by atomic mass is 10.1. The highest BCUT2D eigenvalue weighted by molar-refractivity contribution is 6.02. The number of hydrogen-bond acceptors (Lipinski definition) is 3. The Morgan fingerprint density at radius 3 is 2.96 bits per heavy atom. The van der Waals surface area contributed by atoms with Crippen LogP contribution in [-0.4, -0.2) is 28.8 Å². The molecule has 1 unspecified atom stereocenters. The minimum Gasteiger partial charge on any atom is -0.321 e. The number of benzene rings is 1. The maximum atomic E-state index is 12.4. The predicted octanol–water partition coefficient (Wildman–Crippen LogP) is 3.35. The van der Waals surface area contributed by atoms with E-state index in [9.17, 15) is 4.79 Å². The fourth-order valence-corrected chi connectivity index (χ4v) is 3.05. The van der Waals surface area contributed by atoms with Crippen molar-refractivity contribution >= 4 is 24.0 Å². The highest BCUT2D eigenvalue weighted by Gasteiger charge is 2.17. The topological polar surface area (TPSA) is 59.0 Å². The highest BCUT2D eigenvalue weighted by atomic mass is 35.5. The van der Waals surface area contributed by atoms with Crippen LogP contribution >= 0.6 is 12.4 Å². The quantitative estimate of drug-likeness (QED) is 0.890. The summed E-state index contributed by atoms with van der Waals surface area (Å²) in [6.07, 6.45) is 5.11.